The van der Waals surface area contributed by atoms with Crippen molar-refractivity contribution in [1.82, 2.24) is 4.98 Å². The Morgan fingerprint density at radius 1 is 1.38 bits per heavy atom. The maximum atomic E-state index is 10.9. The summed E-state index contributed by atoms with van der Waals surface area (Å²) in [4.78, 5) is 15.1. The molecule has 2 aromatic rings. The highest BCUT2D eigenvalue weighted by atomic mass is 16.5. The Balaban J connectivity index is 2.22. The number of nitrogens with zero attached hydrogens (tertiary/aromatic N) is 1. The maximum Gasteiger partial charge on any atom is 0.221 e. The van der Waals surface area contributed by atoms with E-state index >= 15 is 0 Å². The molecule has 0 unspecified atom stereocenters. The number of pyridine rings is 1. The van der Waals surface area contributed by atoms with Gasteiger partial charge in [-0.25, -0.2) is 4.98 Å². The zero-order valence-corrected chi connectivity index (χ0v) is 11.9. The van der Waals surface area contributed by atoms with Gasteiger partial charge in [-0.05, 0) is 36.1 Å². The summed E-state index contributed by atoms with van der Waals surface area (Å²) in [7, 11) is 1.62. The minimum absolute atomic E-state index is 0.237. The summed E-state index contributed by atoms with van der Waals surface area (Å²) < 4.78 is 11.0. The first kappa shape index (κ1) is 15.1. The van der Waals surface area contributed by atoms with Crippen molar-refractivity contribution in [3.63, 3.8) is 0 Å². The third kappa shape index (κ3) is 3.82. The van der Waals surface area contributed by atoms with Gasteiger partial charge in [0.1, 0.15) is 11.9 Å². The fraction of sp³-hybridized carbons (Fsp3) is 0.333. The minimum atomic E-state index is -0.368. The number of methoxy groups -OCH3 is 1. The van der Waals surface area contributed by atoms with E-state index in [2.05, 4.69) is 4.98 Å². The number of aromatic nitrogens is 1. The molecule has 6 nitrogen and oxygen atoms in total. The lowest BCUT2D eigenvalue weighted by Crippen LogP contribution is -2.28. The number of benzene rings is 1. The quantitative estimate of drug-likeness (QED) is 0.798. The molecule has 0 fully saturated rings. The molecule has 0 bridgehead atoms. The molecule has 0 aliphatic rings. The van der Waals surface area contributed by atoms with Gasteiger partial charge in [0.25, 0.3) is 0 Å². The molecule has 1 amide bonds. The van der Waals surface area contributed by atoms with Gasteiger partial charge in [-0.15, -0.1) is 0 Å². The smallest absolute Gasteiger partial charge is 0.221 e. The SMILES string of the molecule is COc1ccc2c(O[C@@H](CN)CCC(N)=O)nccc2c1. The zero-order chi connectivity index (χ0) is 15.2. The number of fused-ring (bicyclic) bond motifs is 1. The van der Waals surface area contributed by atoms with E-state index in [4.69, 9.17) is 20.9 Å². The van der Waals surface area contributed by atoms with E-state index in [0.717, 1.165) is 16.5 Å². The first-order valence-electron chi connectivity index (χ1n) is 6.72. The molecule has 1 aromatic heterocycles. The van der Waals surface area contributed by atoms with E-state index in [1.54, 1.807) is 13.3 Å². The van der Waals surface area contributed by atoms with Gasteiger partial charge in [0.05, 0.1) is 7.11 Å². The number of nitrogens with two attached hydrogens (primary N) is 2. The van der Waals surface area contributed by atoms with Crippen LogP contribution in [0.25, 0.3) is 10.8 Å². The highest BCUT2D eigenvalue weighted by molar-refractivity contribution is 5.87. The van der Waals surface area contributed by atoms with Crippen LogP contribution in [-0.4, -0.2) is 30.6 Å². The van der Waals surface area contributed by atoms with Crippen molar-refractivity contribution < 1.29 is 14.3 Å². The highest BCUT2D eigenvalue weighted by Crippen LogP contribution is 2.27. The van der Waals surface area contributed by atoms with Crippen molar-refractivity contribution >= 4 is 16.7 Å². The second-order valence-electron chi connectivity index (χ2n) is 4.68. The topological polar surface area (TPSA) is 100 Å². The lowest BCUT2D eigenvalue weighted by molar-refractivity contribution is -0.118. The molecule has 1 aromatic carbocycles. The summed E-state index contributed by atoms with van der Waals surface area (Å²) >= 11 is 0. The van der Waals surface area contributed by atoms with Crippen molar-refractivity contribution in [2.45, 2.75) is 18.9 Å². The zero-order valence-electron chi connectivity index (χ0n) is 11.9. The first-order chi connectivity index (χ1) is 10.1. The number of primary amides is 1. The molecule has 0 aliphatic heterocycles. The number of carbonyl (C=O) groups is 1. The fourth-order valence-electron chi connectivity index (χ4n) is 2.04. The van der Waals surface area contributed by atoms with E-state index in [0.29, 0.717) is 18.8 Å². The summed E-state index contributed by atoms with van der Waals surface area (Å²) in [6.45, 7) is 0.293. The fourth-order valence-corrected chi connectivity index (χ4v) is 2.04. The van der Waals surface area contributed by atoms with Gasteiger partial charge in [-0.2, -0.15) is 0 Å². The van der Waals surface area contributed by atoms with Crippen LogP contribution < -0.4 is 20.9 Å². The lowest BCUT2D eigenvalue weighted by atomic mass is 10.1. The molecular weight excluding hydrogens is 270 g/mol. The van der Waals surface area contributed by atoms with Crippen LogP contribution in [0.2, 0.25) is 0 Å². The average Bonchev–Trinajstić information content (AvgIpc) is 2.50. The predicted octanol–water partition coefficient (Wildman–Crippen LogP) is 1.21. The van der Waals surface area contributed by atoms with Crippen molar-refractivity contribution in [2.75, 3.05) is 13.7 Å². The molecule has 2 rings (SSSR count). The normalized spacial score (nSPS) is 12.1. The van der Waals surface area contributed by atoms with E-state index in [1.165, 1.54) is 0 Å². The Morgan fingerprint density at radius 2 is 2.19 bits per heavy atom. The van der Waals surface area contributed by atoms with Crippen LogP contribution in [0, 0.1) is 0 Å². The van der Waals surface area contributed by atoms with E-state index in [9.17, 15) is 4.79 Å². The predicted molar refractivity (Wildman–Crippen MR) is 80.2 cm³/mol. The molecule has 0 aliphatic carbocycles. The van der Waals surface area contributed by atoms with Crippen molar-refractivity contribution in [1.29, 1.82) is 0 Å². The molecule has 0 spiro atoms. The third-order valence-corrected chi connectivity index (χ3v) is 3.19. The molecule has 112 valence electrons. The second kappa shape index (κ2) is 6.90. The molecule has 4 N–H and O–H groups in total. The van der Waals surface area contributed by atoms with Gasteiger partial charge in [0, 0.05) is 24.5 Å². The summed E-state index contributed by atoms with van der Waals surface area (Å²) in [5.41, 5.74) is 10.8. The summed E-state index contributed by atoms with van der Waals surface area (Å²) in [5, 5.41) is 1.83. The van der Waals surface area contributed by atoms with E-state index in [1.807, 2.05) is 24.3 Å². The molecular formula is C15H19N3O3. The van der Waals surface area contributed by atoms with Crippen molar-refractivity contribution in [3.05, 3.63) is 30.5 Å². The number of hydrogen-bond acceptors (Lipinski definition) is 5. The number of ether oxygens (including phenoxy) is 2. The molecule has 1 heterocycles. The monoisotopic (exact) mass is 289 g/mol. The Labute approximate surface area is 123 Å². The van der Waals surface area contributed by atoms with Crippen LogP contribution in [0.5, 0.6) is 11.6 Å². The largest absolute Gasteiger partial charge is 0.497 e. The van der Waals surface area contributed by atoms with Crippen LogP contribution in [0.4, 0.5) is 0 Å². The average molecular weight is 289 g/mol. The van der Waals surface area contributed by atoms with Crippen molar-refractivity contribution in [3.8, 4) is 11.6 Å². The summed E-state index contributed by atoms with van der Waals surface area (Å²) in [6, 6.07) is 7.52. The molecule has 0 radical (unpaired) electrons. The molecule has 21 heavy (non-hydrogen) atoms. The Hall–Kier alpha value is -2.34. The second-order valence-corrected chi connectivity index (χ2v) is 4.68. The maximum absolute atomic E-state index is 10.9. The highest BCUT2D eigenvalue weighted by Gasteiger charge is 2.13. The van der Waals surface area contributed by atoms with Crippen LogP contribution in [0.1, 0.15) is 12.8 Å². The van der Waals surface area contributed by atoms with E-state index < -0.39 is 0 Å². The first-order valence-corrected chi connectivity index (χ1v) is 6.72. The van der Waals surface area contributed by atoms with Crippen LogP contribution in [-0.2, 0) is 4.79 Å². The summed E-state index contributed by atoms with van der Waals surface area (Å²) in [5.74, 6) is 0.895. The van der Waals surface area contributed by atoms with Crippen LogP contribution in [0.3, 0.4) is 0 Å². The lowest BCUT2D eigenvalue weighted by Gasteiger charge is -2.17. The molecule has 0 saturated carbocycles. The Morgan fingerprint density at radius 3 is 2.86 bits per heavy atom. The number of carbonyl (C=O) groups excluding carboxylic acids is 1. The van der Waals surface area contributed by atoms with Gasteiger partial charge in [-0.1, -0.05) is 0 Å². The van der Waals surface area contributed by atoms with Gasteiger partial charge in [0.2, 0.25) is 11.8 Å². The number of hydrogen-bond donors (Lipinski definition) is 2. The van der Waals surface area contributed by atoms with Crippen LogP contribution in [0.15, 0.2) is 30.5 Å². The van der Waals surface area contributed by atoms with E-state index in [-0.39, 0.29) is 18.4 Å². The third-order valence-electron chi connectivity index (χ3n) is 3.19. The van der Waals surface area contributed by atoms with Gasteiger partial charge in [-0.3, -0.25) is 4.79 Å². The van der Waals surface area contributed by atoms with Gasteiger partial charge >= 0.3 is 0 Å². The number of rotatable bonds is 7. The minimum Gasteiger partial charge on any atom is -0.497 e. The number of amides is 1. The van der Waals surface area contributed by atoms with Crippen molar-refractivity contribution in [2.24, 2.45) is 11.5 Å². The molecule has 6 heteroatoms. The van der Waals surface area contributed by atoms with Gasteiger partial charge in [0.15, 0.2) is 0 Å². The van der Waals surface area contributed by atoms with Gasteiger partial charge < -0.3 is 20.9 Å². The molecule has 1 atom stereocenters. The Kier molecular flexibility index (Phi) is 4.94. The Bertz CT molecular complexity index is 631. The summed E-state index contributed by atoms with van der Waals surface area (Å²) in [6.07, 6.45) is 2.08. The van der Waals surface area contributed by atoms with Crippen LogP contribution >= 0.6 is 0 Å². The molecule has 0 saturated heterocycles. The standard InChI is InChI=1S/C15H19N3O3/c1-20-11-2-4-13-10(8-11)6-7-18-15(13)21-12(9-16)3-5-14(17)19/h2,4,6-8,12H,3,5,9,16H2,1H3,(H2,17,19)/t12-/m1/s1.